The van der Waals surface area contributed by atoms with E-state index in [1.165, 1.54) is 12.1 Å². The number of carbonyl (C=O) groups is 2. The second-order valence-electron chi connectivity index (χ2n) is 2.62. The summed E-state index contributed by atoms with van der Waals surface area (Å²) < 4.78 is 13.0. The maximum atomic E-state index is 13.0. The van der Waals surface area contributed by atoms with E-state index in [2.05, 4.69) is 0 Å². The summed E-state index contributed by atoms with van der Waals surface area (Å²) in [6.07, 6.45) is 0. The highest BCUT2D eigenvalue weighted by atomic mass is 19.1. The molecular weight excluding hydrogens is 175 g/mol. The minimum atomic E-state index is -1.65. The summed E-state index contributed by atoms with van der Waals surface area (Å²) in [5.41, 5.74) is 0.234. The first-order valence-electron chi connectivity index (χ1n) is 3.56. The lowest BCUT2D eigenvalue weighted by Gasteiger charge is -1.98. The van der Waals surface area contributed by atoms with E-state index >= 15 is 0 Å². The van der Waals surface area contributed by atoms with Crippen LogP contribution in [0.5, 0.6) is 0 Å². The lowest BCUT2D eigenvalue weighted by Crippen LogP contribution is -2.14. The molecule has 0 saturated heterocycles. The number of benzene rings is 1. The fourth-order valence-electron chi connectivity index (χ4n) is 0.919. The van der Waals surface area contributed by atoms with Crippen molar-refractivity contribution in [2.75, 3.05) is 0 Å². The molecule has 1 N–H and O–H groups in total. The van der Waals surface area contributed by atoms with Crippen LogP contribution in [-0.2, 0) is 4.79 Å². The molecule has 0 aromatic heterocycles. The number of halogens is 1. The van der Waals surface area contributed by atoms with E-state index in [1.54, 1.807) is 6.92 Å². The summed E-state index contributed by atoms with van der Waals surface area (Å²) in [5, 5.41) is 8.31. The summed E-state index contributed by atoms with van der Waals surface area (Å²) in [6, 6.07) is 3.77. The summed E-state index contributed by atoms with van der Waals surface area (Å²) in [7, 11) is 0. The van der Waals surface area contributed by atoms with E-state index in [4.69, 9.17) is 5.11 Å². The van der Waals surface area contributed by atoms with Gasteiger partial charge in [-0.25, -0.2) is 9.18 Å². The molecule has 1 aromatic carbocycles. The van der Waals surface area contributed by atoms with Crippen molar-refractivity contribution in [1.29, 1.82) is 0 Å². The molecule has 0 radical (unpaired) electrons. The van der Waals surface area contributed by atoms with Crippen molar-refractivity contribution in [2.24, 2.45) is 0 Å². The lowest BCUT2D eigenvalue weighted by molar-refractivity contribution is -0.131. The summed E-state index contributed by atoms with van der Waals surface area (Å²) in [4.78, 5) is 21.1. The average molecular weight is 182 g/mol. The molecule has 3 nitrogen and oxygen atoms in total. The second-order valence-corrected chi connectivity index (χ2v) is 2.62. The van der Waals surface area contributed by atoms with Crippen molar-refractivity contribution < 1.29 is 19.1 Å². The predicted octanol–water partition coefficient (Wildman–Crippen LogP) is 1.40. The topological polar surface area (TPSA) is 54.4 Å². The van der Waals surface area contributed by atoms with Gasteiger partial charge in [0, 0.05) is 0 Å². The number of carbonyl (C=O) groups excluding carboxylic acids is 1. The van der Waals surface area contributed by atoms with Crippen LogP contribution in [-0.4, -0.2) is 16.9 Å². The van der Waals surface area contributed by atoms with Crippen LogP contribution in [0.25, 0.3) is 0 Å². The van der Waals surface area contributed by atoms with Gasteiger partial charge < -0.3 is 5.11 Å². The van der Waals surface area contributed by atoms with Crippen molar-refractivity contribution in [3.8, 4) is 0 Å². The quantitative estimate of drug-likeness (QED) is 0.555. The molecule has 0 amide bonds. The van der Waals surface area contributed by atoms with Gasteiger partial charge in [-0.05, 0) is 24.6 Å². The number of rotatable bonds is 2. The Morgan fingerprint density at radius 1 is 1.38 bits per heavy atom. The van der Waals surface area contributed by atoms with Crippen LogP contribution in [0.15, 0.2) is 18.2 Å². The standard InChI is InChI=1S/C9H7FO3/c1-5-2-3-6(7(10)4-5)8(11)9(12)13/h2-4H,1H3,(H,12,13). The summed E-state index contributed by atoms with van der Waals surface area (Å²) in [6.45, 7) is 1.65. The molecule has 0 fully saturated rings. The zero-order valence-electron chi connectivity index (χ0n) is 6.87. The Morgan fingerprint density at radius 2 is 2.00 bits per heavy atom. The first kappa shape index (κ1) is 9.38. The number of ketones is 1. The van der Waals surface area contributed by atoms with Gasteiger partial charge in [-0.15, -0.1) is 0 Å². The molecule has 4 heteroatoms. The van der Waals surface area contributed by atoms with Gasteiger partial charge in [0.1, 0.15) is 5.82 Å². The number of hydrogen-bond donors (Lipinski definition) is 1. The first-order valence-corrected chi connectivity index (χ1v) is 3.56. The second kappa shape index (κ2) is 3.35. The zero-order chi connectivity index (χ0) is 10.0. The van der Waals surface area contributed by atoms with Gasteiger partial charge in [0.05, 0.1) is 5.56 Å². The van der Waals surface area contributed by atoms with E-state index in [0.29, 0.717) is 5.56 Å². The van der Waals surface area contributed by atoms with Crippen molar-refractivity contribution in [2.45, 2.75) is 6.92 Å². The van der Waals surface area contributed by atoms with Gasteiger partial charge in [0.25, 0.3) is 5.78 Å². The molecule has 68 valence electrons. The van der Waals surface area contributed by atoms with Gasteiger partial charge in [-0.1, -0.05) is 6.07 Å². The Labute approximate surface area is 73.8 Å². The smallest absolute Gasteiger partial charge is 0.377 e. The fraction of sp³-hybridized carbons (Fsp3) is 0.111. The third-order valence-electron chi connectivity index (χ3n) is 1.56. The fourth-order valence-corrected chi connectivity index (χ4v) is 0.919. The van der Waals surface area contributed by atoms with Crippen LogP contribution in [0.4, 0.5) is 4.39 Å². The maximum absolute atomic E-state index is 13.0. The number of aliphatic carboxylic acids is 1. The van der Waals surface area contributed by atoms with Crippen LogP contribution in [0.1, 0.15) is 15.9 Å². The highest BCUT2D eigenvalue weighted by molar-refractivity contribution is 6.39. The molecule has 0 saturated carbocycles. The van der Waals surface area contributed by atoms with E-state index < -0.39 is 23.1 Å². The normalized spacial score (nSPS) is 9.69. The molecule has 13 heavy (non-hydrogen) atoms. The molecule has 0 heterocycles. The highest BCUT2D eigenvalue weighted by Crippen LogP contribution is 2.10. The zero-order valence-corrected chi connectivity index (χ0v) is 6.87. The van der Waals surface area contributed by atoms with Crippen LogP contribution in [0.3, 0.4) is 0 Å². The summed E-state index contributed by atoms with van der Waals surface area (Å²) in [5.74, 6) is -3.67. The van der Waals surface area contributed by atoms with Crippen molar-refractivity contribution >= 4 is 11.8 Å². The van der Waals surface area contributed by atoms with E-state index in [0.717, 1.165) is 6.07 Å². The van der Waals surface area contributed by atoms with E-state index in [9.17, 15) is 14.0 Å². The molecule has 0 unspecified atom stereocenters. The van der Waals surface area contributed by atoms with Gasteiger partial charge >= 0.3 is 5.97 Å². The summed E-state index contributed by atoms with van der Waals surface area (Å²) >= 11 is 0. The third kappa shape index (κ3) is 1.90. The molecule has 0 atom stereocenters. The molecule has 1 rings (SSSR count). The number of hydrogen-bond acceptors (Lipinski definition) is 2. The van der Waals surface area contributed by atoms with E-state index in [1.807, 2.05) is 0 Å². The largest absolute Gasteiger partial charge is 0.475 e. The molecule has 0 aliphatic heterocycles. The number of carboxylic acids is 1. The van der Waals surface area contributed by atoms with Crippen molar-refractivity contribution in [1.82, 2.24) is 0 Å². The lowest BCUT2D eigenvalue weighted by atomic mass is 10.1. The SMILES string of the molecule is Cc1ccc(C(=O)C(=O)O)c(F)c1. The van der Waals surface area contributed by atoms with Crippen LogP contribution >= 0.6 is 0 Å². The van der Waals surface area contributed by atoms with Gasteiger partial charge in [-0.2, -0.15) is 0 Å². The molecule has 0 bridgehead atoms. The minimum Gasteiger partial charge on any atom is -0.475 e. The number of aryl methyl sites for hydroxylation is 1. The Hall–Kier alpha value is -1.71. The Bertz CT molecular complexity index is 371. The van der Waals surface area contributed by atoms with Crippen LogP contribution in [0.2, 0.25) is 0 Å². The van der Waals surface area contributed by atoms with Crippen molar-refractivity contribution in [3.05, 3.63) is 35.1 Å². The molecule has 0 aliphatic rings. The molecule has 1 aromatic rings. The number of Topliss-reactive ketones (excluding diaryl/α,β-unsaturated/α-hetero) is 1. The molecule has 0 aliphatic carbocycles. The van der Waals surface area contributed by atoms with Gasteiger partial charge in [-0.3, -0.25) is 4.79 Å². The average Bonchev–Trinajstić information content (AvgIpc) is 2.03. The first-order chi connectivity index (χ1) is 6.02. The highest BCUT2D eigenvalue weighted by Gasteiger charge is 2.18. The Balaban J connectivity index is 3.16. The molecular formula is C9H7FO3. The van der Waals surface area contributed by atoms with Crippen LogP contribution < -0.4 is 0 Å². The van der Waals surface area contributed by atoms with Gasteiger partial charge in [0.2, 0.25) is 0 Å². The van der Waals surface area contributed by atoms with E-state index in [-0.39, 0.29) is 0 Å². The van der Waals surface area contributed by atoms with Crippen LogP contribution in [0, 0.1) is 12.7 Å². The van der Waals surface area contributed by atoms with Crippen molar-refractivity contribution in [3.63, 3.8) is 0 Å². The monoisotopic (exact) mass is 182 g/mol. The van der Waals surface area contributed by atoms with Gasteiger partial charge in [0.15, 0.2) is 0 Å². The Morgan fingerprint density at radius 3 is 2.46 bits per heavy atom. The third-order valence-corrected chi connectivity index (χ3v) is 1.56. The maximum Gasteiger partial charge on any atom is 0.377 e. The number of carboxylic acid groups (broad SMARTS) is 1. The molecule has 0 spiro atoms. The minimum absolute atomic E-state index is 0.405. The Kier molecular flexibility index (Phi) is 2.41. The predicted molar refractivity (Wildman–Crippen MR) is 43.1 cm³/mol.